The predicted octanol–water partition coefficient (Wildman–Crippen LogP) is 26.6. The van der Waals surface area contributed by atoms with Crippen LogP contribution in [0.2, 0.25) is 0 Å². The van der Waals surface area contributed by atoms with Gasteiger partial charge in [-0.05, 0) is 83.5 Å². The van der Waals surface area contributed by atoms with E-state index in [-0.39, 0.29) is 18.5 Å². The fourth-order valence-electron chi connectivity index (χ4n) is 12.8. The van der Waals surface area contributed by atoms with E-state index in [9.17, 15) is 19.8 Å². The summed E-state index contributed by atoms with van der Waals surface area (Å²) >= 11 is 0. The quantitative estimate of drug-likeness (QED) is 0.0320. The first-order chi connectivity index (χ1) is 43.5. The van der Waals surface area contributed by atoms with Crippen LogP contribution in [0.25, 0.3) is 0 Å². The highest BCUT2D eigenvalue weighted by molar-refractivity contribution is 5.76. The molecule has 0 rings (SSSR count). The molecule has 0 saturated heterocycles. The molecule has 6 heteroatoms. The van der Waals surface area contributed by atoms with E-state index in [0.717, 1.165) is 51.4 Å². The highest BCUT2D eigenvalue weighted by atomic mass is 16.5. The van der Waals surface area contributed by atoms with Crippen LogP contribution in [0.1, 0.15) is 450 Å². The maximum Gasteiger partial charge on any atom is 0.305 e. The lowest BCUT2D eigenvalue weighted by Crippen LogP contribution is -2.45. The number of allylic oxidation sites excluding steroid dienone is 6. The van der Waals surface area contributed by atoms with Crippen LogP contribution in [0.4, 0.5) is 0 Å². The number of amides is 1. The molecule has 0 aliphatic carbocycles. The summed E-state index contributed by atoms with van der Waals surface area (Å²) in [6.45, 7) is 4.99. The summed E-state index contributed by atoms with van der Waals surface area (Å²) < 4.78 is 5.51. The third-order valence-corrected chi connectivity index (χ3v) is 18.9. The molecule has 2 atom stereocenters. The number of unbranched alkanes of at least 4 members (excludes halogenated alkanes) is 59. The van der Waals surface area contributed by atoms with Crippen molar-refractivity contribution in [1.82, 2.24) is 5.32 Å². The lowest BCUT2D eigenvalue weighted by molar-refractivity contribution is -0.143. The second-order valence-electron chi connectivity index (χ2n) is 27.7. The Morgan fingerprint density at radius 3 is 0.875 bits per heavy atom. The minimum atomic E-state index is -0.664. The molecule has 88 heavy (non-hydrogen) atoms. The third kappa shape index (κ3) is 73.1. The monoisotopic (exact) mass is 1240 g/mol. The Morgan fingerprint density at radius 1 is 0.318 bits per heavy atom. The summed E-state index contributed by atoms with van der Waals surface area (Å²) in [6.07, 6.45) is 101. The van der Waals surface area contributed by atoms with E-state index in [2.05, 4.69) is 55.6 Å². The minimum Gasteiger partial charge on any atom is -0.466 e. The van der Waals surface area contributed by atoms with Crippen molar-refractivity contribution in [3.8, 4) is 0 Å². The van der Waals surface area contributed by atoms with Gasteiger partial charge in [0.25, 0.3) is 0 Å². The van der Waals surface area contributed by atoms with Crippen LogP contribution in [-0.2, 0) is 14.3 Å². The Hall–Kier alpha value is -1.92. The van der Waals surface area contributed by atoms with Gasteiger partial charge in [-0.3, -0.25) is 9.59 Å². The van der Waals surface area contributed by atoms with Crippen molar-refractivity contribution in [3.63, 3.8) is 0 Å². The average molecular weight is 1240 g/mol. The Morgan fingerprint density at radius 2 is 0.568 bits per heavy atom. The third-order valence-electron chi connectivity index (χ3n) is 18.9. The zero-order valence-corrected chi connectivity index (χ0v) is 59.7. The van der Waals surface area contributed by atoms with E-state index < -0.39 is 12.1 Å². The fraction of sp³-hybridized carbons (Fsp3) is 0.902. The van der Waals surface area contributed by atoms with Gasteiger partial charge in [-0.15, -0.1) is 0 Å². The van der Waals surface area contributed by atoms with Gasteiger partial charge in [0, 0.05) is 12.8 Å². The molecular formula is C82H157NO5. The van der Waals surface area contributed by atoms with Gasteiger partial charge in [0.05, 0.1) is 25.4 Å². The summed E-state index contributed by atoms with van der Waals surface area (Å²) in [6, 6.07) is -0.541. The highest BCUT2D eigenvalue weighted by Crippen LogP contribution is 2.20. The number of rotatable bonds is 76. The van der Waals surface area contributed by atoms with Gasteiger partial charge in [-0.2, -0.15) is 0 Å². The van der Waals surface area contributed by atoms with Gasteiger partial charge in [0.15, 0.2) is 0 Å². The van der Waals surface area contributed by atoms with E-state index in [1.54, 1.807) is 0 Å². The minimum absolute atomic E-state index is 0.0142. The molecule has 0 aromatic rings. The van der Waals surface area contributed by atoms with Crippen LogP contribution in [0.3, 0.4) is 0 Å². The molecule has 520 valence electrons. The van der Waals surface area contributed by atoms with Crippen molar-refractivity contribution in [2.45, 2.75) is 463 Å². The lowest BCUT2D eigenvalue weighted by atomic mass is 10.0. The van der Waals surface area contributed by atoms with Crippen LogP contribution in [0, 0.1) is 0 Å². The number of nitrogens with one attached hydrogen (secondary N) is 1. The summed E-state index contributed by atoms with van der Waals surface area (Å²) in [4.78, 5) is 24.7. The van der Waals surface area contributed by atoms with Crippen LogP contribution >= 0.6 is 0 Å². The summed E-state index contributed by atoms with van der Waals surface area (Å²) in [5.41, 5.74) is 0. The Bertz CT molecular complexity index is 1430. The number of aliphatic hydroxyl groups is 2. The van der Waals surface area contributed by atoms with Crippen molar-refractivity contribution in [2.75, 3.05) is 13.2 Å². The lowest BCUT2D eigenvalue weighted by Gasteiger charge is -2.22. The molecule has 0 aliphatic heterocycles. The zero-order valence-electron chi connectivity index (χ0n) is 59.7. The van der Waals surface area contributed by atoms with Crippen LogP contribution in [0.15, 0.2) is 36.5 Å². The van der Waals surface area contributed by atoms with Crippen molar-refractivity contribution < 1.29 is 24.5 Å². The number of ether oxygens (including phenoxy) is 1. The number of carbonyl (C=O) groups excluding carboxylic acids is 2. The first-order valence-electron chi connectivity index (χ1n) is 40.2. The van der Waals surface area contributed by atoms with Gasteiger partial charge in [-0.25, -0.2) is 0 Å². The highest BCUT2D eigenvalue weighted by Gasteiger charge is 2.20. The molecule has 0 bridgehead atoms. The molecule has 0 aliphatic rings. The smallest absolute Gasteiger partial charge is 0.305 e. The van der Waals surface area contributed by atoms with Gasteiger partial charge in [-0.1, -0.05) is 391 Å². The molecule has 2 unspecified atom stereocenters. The number of hydrogen-bond donors (Lipinski definition) is 3. The number of carbonyl (C=O) groups is 2. The van der Waals surface area contributed by atoms with Gasteiger partial charge in [0.1, 0.15) is 0 Å². The Labute approximate surface area is 551 Å². The SMILES string of the molecule is CCCCCCCC/C=C\CCCCCCCCCC(=O)OCCCCCCCCCCCCC/C=C\C/C=C\CCCCCCCCCCCCCCCCCCCC(=O)NC(CO)C(O)CCCCCCCCCCCCCCCCCCCCC. The summed E-state index contributed by atoms with van der Waals surface area (Å²) in [7, 11) is 0. The predicted molar refractivity (Wildman–Crippen MR) is 389 cm³/mol. The van der Waals surface area contributed by atoms with E-state index in [4.69, 9.17) is 4.74 Å². The molecule has 0 saturated carbocycles. The Balaban J connectivity index is 3.36. The topological polar surface area (TPSA) is 95.9 Å². The molecule has 6 nitrogen and oxygen atoms in total. The van der Waals surface area contributed by atoms with Crippen LogP contribution < -0.4 is 5.32 Å². The average Bonchev–Trinajstić information content (AvgIpc) is 3.58. The van der Waals surface area contributed by atoms with E-state index in [1.165, 1.54) is 366 Å². The number of esters is 1. The second-order valence-corrected chi connectivity index (χ2v) is 27.7. The normalized spacial score (nSPS) is 12.6. The fourth-order valence-corrected chi connectivity index (χ4v) is 12.8. The van der Waals surface area contributed by atoms with Gasteiger partial charge < -0.3 is 20.3 Å². The summed E-state index contributed by atoms with van der Waals surface area (Å²) in [5.74, 6) is -0.0139. The molecular weight excluding hydrogens is 1080 g/mol. The number of hydrogen-bond acceptors (Lipinski definition) is 5. The van der Waals surface area contributed by atoms with Gasteiger partial charge >= 0.3 is 5.97 Å². The van der Waals surface area contributed by atoms with Gasteiger partial charge in [0.2, 0.25) is 5.91 Å². The first-order valence-corrected chi connectivity index (χ1v) is 40.2. The summed E-state index contributed by atoms with van der Waals surface area (Å²) in [5, 5.41) is 23.4. The maximum absolute atomic E-state index is 12.6. The molecule has 3 N–H and O–H groups in total. The van der Waals surface area contributed by atoms with Crippen molar-refractivity contribution in [2.24, 2.45) is 0 Å². The molecule has 0 spiro atoms. The number of aliphatic hydroxyl groups excluding tert-OH is 2. The molecule has 0 aromatic heterocycles. The van der Waals surface area contributed by atoms with E-state index in [1.807, 2.05) is 0 Å². The Kier molecular flexibility index (Phi) is 75.8. The van der Waals surface area contributed by atoms with Crippen LogP contribution in [-0.4, -0.2) is 47.4 Å². The standard InChI is InChI=1S/C82H157NO5/c1-3-5-7-9-11-13-15-17-19-21-39-43-46-50-54-58-62-66-70-74-80(85)79(78-84)83-81(86)75-71-67-63-59-55-51-47-44-40-37-35-33-31-29-27-25-23-22-24-26-28-30-32-34-36-38-41-45-49-53-57-61-65-69-73-77-88-82(87)76-72-68-64-60-56-52-48-42-20-18-16-14-12-10-8-6-4-2/h18,20,24,26,30,32,79-80,84-85H,3-17,19,21-23,25,27-29,31,33-78H2,1-2H3,(H,83,86)/b20-18-,26-24-,32-30-. The first kappa shape index (κ1) is 86.1. The van der Waals surface area contributed by atoms with Crippen molar-refractivity contribution >= 4 is 11.9 Å². The van der Waals surface area contributed by atoms with E-state index >= 15 is 0 Å². The maximum atomic E-state index is 12.6. The zero-order chi connectivity index (χ0) is 63.5. The molecule has 0 fully saturated rings. The van der Waals surface area contributed by atoms with E-state index in [0.29, 0.717) is 25.9 Å². The molecule has 0 aromatic carbocycles. The second kappa shape index (κ2) is 77.5. The molecule has 0 heterocycles. The molecule has 1 amide bonds. The largest absolute Gasteiger partial charge is 0.466 e. The van der Waals surface area contributed by atoms with Crippen LogP contribution in [0.5, 0.6) is 0 Å². The molecule has 0 radical (unpaired) electrons. The van der Waals surface area contributed by atoms with Crippen molar-refractivity contribution in [1.29, 1.82) is 0 Å². The van der Waals surface area contributed by atoms with Crippen molar-refractivity contribution in [3.05, 3.63) is 36.5 Å².